The lowest BCUT2D eigenvalue weighted by atomic mass is 10.2. The summed E-state index contributed by atoms with van der Waals surface area (Å²) in [5.74, 6) is 0.385. The number of nitrogens with zero attached hydrogens (tertiary/aromatic N) is 2. The summed E-state index contributed by atoms with van der Waals surface area (Å²) in [6, 6.07) is 5.64. The number of anilines is 2. The number of nitrogens with two attached hydrogens (primary N) is 1. The van der Waals surface area contributed by atoms with E-state index in [2.05, 4.69) is 15.5 Å². The highest BCUT2D eigenvalue weighted by Gasteiger charge is 2.10. The van der Waals surface area contributed by atoms with Crippen molar-refractivity contribution < 1.29 is 4.42 Å². The van der Waals surface area contributed by atoms with Gasteiger partial charge in [0.1, 0.15) is 0 Å². The summed E-state index contributed by atoms with van der Waals surface area (Å²) in [7, 11) is 0. The Morgan fingerprint density at radius 2 is 2.18 bits per heavy atom. The molecule has 0 aliphatic carbocycles. The molecule has 6 heteroatoms. The first kappa shape index (κ1) is 11.9. The van der Waals surface area contributed by atoms with E-state index in [1.54, 1.807) is 6.92 Å². The minimum atomic E-state index is -0.286. The zero-order chi connectivity index (χ0) is 12.4. The Labute approximate surface area is 104 Å². The average molecular weight is 253 g/mol. The largest absolute Gasteiger partial charge is 0.406 e. The Morgan fingerprint density at radius 3 is 2.76 bits per heavy atom. The van der Waals surface area contributed by atoms with Crippen molar-refractivity contribution in [2.24, 2.45) is 5.73 Å². The van der Waals surface area contributed by atoms with Gasteiger partial charge in [0.2, 0.25) is 5.89 Å². The van der Waals surface area contributed by atoms with Crippen molar-refractivity contribution in [3.8, 4) is 0 Å². The van der Waals surface area contributed by atoms with Crippen molar-refractivity contribution >= 4 is 23.3 Å². The molecule has 90 valence electrons. The normalized spacial score (nSPS) is 12.5. The van der Waals surface area contributed by atoms with Gasteiger partial charge in [-0.1, -0.05) is 22.8 Å². The number of aromatic nitrogens is 2. The van der Waals surface area contributed by atoms with Crippen LogP contribution in [0, 0.1) is 6.92 Å². The van der Waals surface area contributed by atoms with E-state index in [1.807, 2.05) is 25.1 Å². The summed E-state index contributed by atoms with van der Waals surface area (Å²) < 4.78 is 5.32. The highest BCUT2D eigenvalue weighted by molar-refractivity contribution is 6.33. The Hall–Kier alpha value is -1.59. The molecule has 1 aromatic carbocycles. The van der Waals surface area contributed by atoms with E-state index in [4.69, 9.17) is 21.8 Å². The van der Waals surface area contributed by atoms with E-state index in [0.29, 0.717) is 10.9 Å². The number of hydrogen-bond donors (Lipinski definition) is 2. The fourth-order valence-corrected chi connectivity index (χ4v) is 1.59. The molecule has 3 N–H and O–H groups in total. The molecular formula is C11H13ClN4O. The summed E-state index contributed by atoms with van der Waals surface area (Å²) >= 11 is 6.07. The van der Waals surface area contributed by atoms with Gasteiger partial charge in [0.15, 0.2) is 0 Å². The van der Waals surface area contributed by atoms with Crippen LogP contribution in [0.15, 0.2) is 22.6 Å². The van der Waals surface area contributed by atoms with Gasteiger partial charge in [0, 0.05) is 0 Å². The summed E-state index contributed by atoms with van der Waals surface area (Å²) in [6.45, 7) is 3.74. The lowest BCUT2D eigenvalue weighted by molar-refractivity contribution is 0.475. The molecule has 2 aromatic rings. The summed E-state index contributed by atoms with van der Waals surface area (Å²) in [5.41, 5.74) is 7.43. The first-order valence-corrected chi connectivity index (χ1v) is 5.56. The predicted octanol–water partition coefficient (Wildman–Crippen LogP) is 2.79. The topological polar surface area (TPSA) is 77.0 Å². The maximum atomic E-state index is 6.07. The van der Waals surface area contributed by atoms with Crippen molar-refractivity contribution in [1.29, 1.82) is 0 Å². The van der Waals surface area contributed by atoms with Gasteiger partial charge in [0.25, 0.3) is 0 Å². The monoisotopic (exact) mass is 252 g/mol. The van der Waals surface area contributed by atoms with Gasteiger partial charge in [-0.25, -0.2) is 0 Å². The Kier molecular flexibility index (Phi) is 3.31. The zero-order valence-electron chi connectivity index (χ0n) is 9.57. The van der Waals surface area contributed by atoms with Crippen LogP contribution in [0.2, 0.25) is 5.02 Å². The van der Waals surface area contributed by atoms with Crippen LogP contribution in [0.25, 0.3) is 0 Å². The van der Waals surface area contributed by atoms with Crippen molar-refractivity contribution in [3.05, 3.63) is 34.7 Å². The van der Waals surface area contributed by atoms with Crippen LogP contribution in [-0.2, 0) is 0 Å². The van der Waals surface area contributed by atoms with Crippen LogP contribution in [0.3, 0.4) is 0 Å². The van der Waals surface area contributed by atoms with E-state index in [1.165, 1.54) is 0 Å². The molecular weight excluding hydrogens is 240 g/mol. The first-order valence-electron chi connectivity index (χ1n) is 5.18. The highest BCUT2D eigenvalue weighted by atomic mass is 35.5. The van der Waals surface area contributed by atoms with Gasteiger partial charge < -0.3 is 15.5 Å². The summed E-state index contributed by atoms with van der Waals surface area (Å²) in [6.07, 6.45) is 0. The van der Waals surface area contributed by atoms with E-state index in [9.17, 15) is 0 Å². The number of aryl methyl sites for hydroxylation is 1. The second kappa shape index (κ2) is 4.73. The molecule has 0 amide bonds. The van der Waals surface area contributed by atoms with Crippen LogP contribution in [0.4, 0.5) is 11.7 Å². The lowest BCUT2D eigenvalue weighted by Gasteiger charge is -2.04. The third-order valence-corrected chi connectivity index (χ3v) is 2.51. The Morgan fingerprint density at radius 1 is 1.41 bits per heavy atom. The van der Waals surface area contributed by atoms with Crippen molar-refractivity contribution in [1.82, 2.24) is 10.2 Å². The summed E-state index contributed by atoms with van der Waals surface area (Å²) in [4.78, 5) is 0. The van der Waals surface area contributed by atoms with Crippen LogP contribution in [0.1, 0.15) is 24.4 Å². The van der Waals surface area contributed by atoms with Gasteiger partial charge in [0.05, 0.1) is 16.8 Å². The lowest BCUT2D eigenvalue weighted by Crippen LogP contribution is -2.04. The molecule has 2 rings (SSSR count). The molecule has 0 fully saturated rings. The van der Waals surface area contributed by atoms with E-state index in [-0.39, 0.29) is 12.1 Å². The van der Waals surface area contributed by atoms with Gasteiger partial charge in [-0.3, -0.25) is 0 Å². The SMILES string of the molecule is Cc1ccc(Nc2nnc(C(C)N)o2)c(Cl)c1. The zero-order valence-corrected chi connectivity index (χ0v) is 10.3. The molecule has 1 heterocycles. The fraction of sp³-hybridized carbons (Fsp3) is 0.273. The number of rotatable bonds is 3. The molecule has 0 spiro atoms. The predicted molar refractivity (Wildman–Crippen MR) is 66.4 cm³/mol. The summed E-state index contributed by atoms with van der Waals surface area (Å²) in [5, 5.41) is 11.2. The second-order valence-corrected chi connectivity index (χ2v) is 4.25. The maximum Gasteiger partial charge on any atom is 0.320 e. The minimum Gasteiger partial charge on any atom is -0.406 e. The van der Waals surface area contributed by atoms with E-state index in [0.717, 1.165) is 11.3 Å². The third-order valence-electron chi connectivity index (χ3n) is 2.20. The number of benzene rings is 1. The van der Waals surface area contributed by atoms with Crippen molar-refractivity contribution in [2.45, 2.75) is 19.9 Å². The van der Waals surface area contributed by atoms with Crippen LogP contribution in [0.5, 0.6) is 0 Å². The first-order chi connectivity index (χ1) is 8.06. The van der Waals surface area contributed by atoms with E-state index < -0.39 is 0 Å². The van der Waals surface area contributed by atoms with Crippen LogP contribution in [-0.4, -0.2) is 10.2 Å². The Bertz CT molecular complexity index is 524. The molecule has 1 aromatic heterocycles. The maximum absolute atomic E-state index is 6.07. The third kappa shape index (κ3) is 2.75. The molecule has 1 atom stereocenters. The van der Waals surface area contributed by atoms with Gasteiger partial charge in [-0.2, -0.15) is 0 Å². The molecule has 0 aliphatic rings. The Balaban J connectivity index is 2.19. The smallest absolute Gasteiger partial charge is 0.320 e. The molecule has 0 bridgehead atoms. The van der Waals surface area contributed by atoms with Gasteiger partial charge in [-0.15, -0.1) is 5.10 Å². The minimum absolute atomic E-state index is 0.281. The number of nitrogens with one attached hydrogen (secondary N) is 1. The molecule has 17 heavy (non-hydrogen) atoms. The highest BCUT2D eigenvalue weighted by Crippen LogP contribution is 2.26. The van der Waals surface area contributed by atoms with Crippen LogP contribution < -0.4 is 11.1 Å². The molecule has 0 radical (unpaired) electrons. The second-order valence-electron chi connectivity index (χ2n) is 3.84. The number of hydrogen-bond acceptors (Lipinski definition) is 5. The molecule has 5 nitrogen and oxygen atoms in total. The fourth-order valence-electron chi connectivity index (χ4n) is 1.31. The number of halogens is 1. The molecule has 0 saturated carbocycles. The standard InChI is InChI=1S/C11H13ClN4O/c1-6-3-4-9(8(12)5-6)14-11-16-15-10(17-11)7(2)13/h3-5,7H,13H2,1-2H3,(H,14,16). The molecule has 1 unspecified atom stereocenters. The van der Waals surface area contributed by atoms with Crippen molar-refractivity contribution in [3.63, 3.8) is 0 Å². The van der Waals surface area contributed by atoms with Crippen LogP contribution >= 0.6 is 11.6 Å². The van der Waals surface area contributed by atoms with Gasteiger partial charge in [-0.05, 0) is 31.5 Å². The molecule has 0 saturated heterocycles. The molecule has 0 aliphatic heterocycles. The average Bonchev–Trinajstić information content (AvgIpc) is 2.71. The quantitative estimate of drug-likeness (QED) is 0.878. The van der Waals surface area contributed by atoms with Crippen molar-refractivity contribution in [2.75, 3.05) is 5.32 Å². The van der Waals surface area contributed by atoms with Gasteiger partial charge >= 0.3 is 6.01 Å². The van der Waals surface area contributed by atoms with E-state index >= 15 is 0 Å².